The van der Waals surface area contributed by atoms with Crippen molar-refractivity contribution in [2.24, 2.45) is 0 Å². The Kier molecular flexibility index (Phi) is 5.02. The number of fused-ring (bicyclic) bond motifs is 2. The van der Waals surface area contributed by atoms with Crippen LogP contribution in [0.25, 0.3) is 21.5 Å². The van der Waals surface area contributed by atoms with Gasteiger partial charge < -0.3 is 24.8 Å². The zero-order valence-corrected chi connectivity index (χ0v) is 13.4. The Balaban J connectivity index is 2.37. The van der Waals surface area contributed by atoms with E-state index < -0.39 is 5.97 Å². The summed E-state index contributed by atoms with van der Waals surface area (Å²) in [5, 5.41) is 30.3. The Bertz CT molecular complexity index is 919. The Morgan fingerprint density at radius 2 is 1.32 bits per heavy atom. The Morgan fingerprint density at radius 3 is 1.84 bits per heavy atom. The number of aliphatic hydroxyl groups excluding tert-OH is 2. The van der Waals surface area contributed by atoms with Gasteiger partial charge >= 0.3 is 5.97 Å². The lowest BCUT2D eigenvalue weighted by Crippen LogP contribution is -2.06. The highest BCUT2D eigenvalue weighted by atomic mass is 16.5. The summed E-state index contributed by atoms with van der Waals surface area (Å²) in [6, 6.07) is 12.1. The molecule has 0 aliphatic carbocycles. The van der Waals surface area contributed by atoms with E-state index in [1.165, 1.54) is 12.1 Å². The largest absolute Gasteiger partial charge is 0.490 e. The van der Waals surface area contributed by atoms with Gasteiger partial charge in [-0.1, -0.05) is 24.3 Å². The standard InChI is InChI=1S/C19H18O6/c20-7-9-24-17-13-3-1-2-4-14(13)18(25-10-8-21)16-11-12(19(22)23)5-6-15(16)17/h1-6,11,20-21H,7-10H2,(H,22,23). The highest BCUT2D eigenvalue weighted by Gasteiger charge is 2.17. The molecule has 0 saturated heterocycles. The summed E-state index contributed by atoms with van der Waals surface area (Å²) < 4.78 is 11.5. The van der Waals surface area contributed by atoms with Crippen molar-refractivity contribution in [3.05, 3.63) is 48.0 Å². The van der Waals surface area contributed by atoms with Crippen LogP contribution < -0.4 is 9.47 Å². The first-order valence-electron chi connectivity index (χ1n) is 7.86. The number of benzene rings is 3. The van der Waals surface area contributed by atoms with Crippen molar-refractivity contribution in [1.29, 1.82) is 0 Å². The summed E-state index contributed by atoms with van der Waals surface area (Å²) in [5.74, 6) is 0.0213. The Morgan fingerprint density at radius 1 is 0.800 bits per heavy atom. The highest BCUT2D eigenvalue weighted by Crippen LogP contribution is 2.43. The lowest BCUT2D eigenvalue weighted by molar-refractivity contribution is 0.0697. The maximum absolute atomic E-state index is 11.3. The molecule has 0 atom stereocenters. The second kappa shape index (κ2) is 7.38. The number of hydrogen-bond acceptors (Lipinski definition) is 5. The van der Waals surface area contributed by atoms with Crippen LogP contribution in [0.4, 0.5) is 0 Å². The first kappa shape index (κ1) is 17.0. The van der Waals surface area contributed by atoms with Gasteiger partial charge in [0.25, 0.3) is 0 Å². The topological polar surface area (TPSA) is 96.2 Å². The molecule has 0 amide bonds. The number of rotatable bonds is 7. The van der Waals surface area contributed by atoms with Gasteiger partial charge in [0.05, 0.1) is 18.8 Å². The predicted octanol–water partition coefficient (Wildman–Crippen LogP) is 2.43. The maximum Gasteiger partial charge on any atom is 0.335 e. The van der Waals surface area contributed by atoms with Crippen molar-refractivity contribution in [3.63, 3.8) is 0 Å². The Hall–Kier alpha value is -2.83. The van der Waals surface area contributed by atoms with Crippen molar-refractivity contribution in [3.8, 4) is 11.5 Å². The molecule has 0 fully saturated rings. The molecule has 0 aliphatic rings. The lowest BCUT2D eigenvalue weighted by Gasteiger charge is -2.17. The summed E-state index contributed by atoms with van der Waals surface area (Å²) in [7, 11) is 0. The number of hydrogen-bond donors (Lipinski definition) is 3. The normalized spacial score (nSPS) is 11.0. The molecule has 0 bridgehead atoms. The third-order valence-electron chi connectivity index (χ3n) is 3.85. The molecule has 3 N–H and O–H groups in total. The van der Waals surface area contributed by atoms with Crippen molar-refractivity contribution < 1.29 is 29.6 Å². The minimum absolute atomic E-state index is 0.0905. The van der Waals surface area contributed by atoms with Crippen LogP contribution >= 0.6 is 0 Å². The molecule has 3 aromatic carbocycles. The predicted molar refractivity (Wildman–Crippen MR) is 93.6 cm³/mol. The monoisotopic (exact) mass is 342 g/mol. The van der Waals surface area contributed by atoms with Gasteiger partial charge in [-0.05, 0) is 18.2 Å². The summed E-state index contributed by atoms with van der Waals surface area (Å²) in [5.41, 5.74) is 0.129. The van der Waals surface area contributed by atoms with Gasteiger partial charge in [0.15, 0.2) is 0 Å². The summed E-state index contributed by atoms with van der Waals surface area (Å²) in [4.78, 5) is 11.3. The van der Waals surface area contributed by atoms with E-state index >= 15 is 0 Å². The summed E-state index contributed by atoms with van der Waals surface area (Å²) >= 11 is 0. The van der Waals surface area contributed by atoms with Gasteiger partial charge in [-0.3, -0.25) is 0 Å². The minimum atomic E-state index is -1.04. The third-order valence-corrected chi connectivity index (χ3v) is 3.85. The Labute approximate surface area is 143 Å². The van der Waals surface area contributed by atoms with Crippen LogP contribution in [0.2, 0.25) is 0 Å². The van der Waals surface area contributed by atoms with E-state index in [1.54, 1.807) is 6.07 Å². The summed E-state index contributed by atoms with van der Waals surface area (Å²) in [6.07, 6.45) is 0. The first-order valence-corrected chi connectivity index (χ1v) is 7.86. The number of carboxylic acid groups (broad SMARTS) is 1. The third kappa shape index (κ3) is 3.22. The van der Waals surface area contributed by atoms with Crippen LogP contribution in [0.3, 0.4) is 0 Å². The zero-order chi connectivity index (χ0) is 17.8. The minimum Gasteiger partial charge on any atom is -0.490 e. The first-order chi connectivity index (χ1) is 12.2. The molecule has 0 radical (unpaired) electrons. The van der Waals surface area contributed by atoms with E-state index in [4.69, 9.17) is 19.7 Å². The fraction of sp³-hybridized carbons (Fsp3) is 0.211. The molecule has 25 heavy (non-hydrogen) atoms. The molecule has 6 nitrogen and oxygen atoms in total. The fourth-order valence-corrected chi connectivity index (χ4v) is 2.84. The number of carbonyl (C=O) groups is 1. The van der Waals surface area contributed by atoms with E-state index in [0.29, 0.717) is 22.3 Å². The van der Waals surface area contributed by atoms with Gasteiger partial charge in [-0.2, -0.15) is 0 Å². The summed E-state index contributed by atoms with van der Waals surface area (Å²) in [6.45, 7) is -0.0765. The molecule has 130 valence electrons. The molecule has 3 aromatic rings. The second-order valence-electron chi connectivity index (χ2n) is 5.41. The maximum atomic E-state index is 11.3. The van der Waals surface area contributed by atoms with E-state index in [9.17, 15) is 9.90 Å². The number of aromatic carboxylic acids is 1. The van der Waals surface area contributed by atoms with Crippen LogP contribution in [0.5, 0.6) is 11.5 Å². The smallest absolute Gasteiger partial charge is 0.335 e. The molecule has 0 aliphatic heterocycles. The van der Waals surface area contributed by atoms with Gasteiger partial charge in [0.1, 0.15) is 24.7 Å². The van der Waals surface area contributed by atoms with E-state index in [-0.39, 0.29) is 32.0 Å². The molecular formula is C19H18O6. The number of carboxylic acids is 1. The van der Waals surface area contributed by atoms with Gasteiger partial charge in [-0.25, -0.2) is 4.79 Å². The molecule has 0 unspecified atom stereocenters. The molecule has 3 rings (SSSR count). The molecular weight excluding hydrogens is 324 g/mol. The molecule has 0 aromatic heterocycles. The number of aliphatic hydroxyl groups is 2. The lowest BCUT2D eigenvalue weighted by atomic mass is 9.98. The van der Waals surface area contributed by atoms with Gasteiger partial charge in [0.2, 0.25) is 0 Å². The van der Waals surface area contributed by atoms with Crippen molar-refractivity contribution in [2.75, 3.05) is 26.4 Å². The fourth-order valence-electron chi connectivity index (χ4n) is 2.84. The van der Waals surface area contributed by atoms with E-state index in [1.807, 2.05) is 24.3 Å². The van der Waals surface area contributed by atoms with Gasteiger partial charge in [0, 0.05) is 21.5 Å². The van der Waals surface area contributed by atoms with Crippen molar-refractivity contribution in [1.82, 2.24) is 0 Å². The number of ether oxygens (including phenoxy) is 2. The molecule has 0 heterocycles. The molecule has 6 heteroatoms. The molecule has 0 saturated carbocycles. The van der Waals surface area contributed by atoms with Gasteiger partial charge in [-0.15, -0.1) is 0 Å². The van der Waals surface area contributed by atoms with Crippen LogP contribution in [0.1, 0.15) is 10.4 Å². The average Bonchev–Trinajstić information content (AvgIpc) is 2.64. The van der Waals surface area contributed by atoms with Crippen LogP contribution in [0, 0.1) is 0 Å². The second-order valence-corrected chi connectivity index (χ2v) is 5.41. The van der Waals surface area contributed by atoms with Crippen LogP contribution in [-0.2, 0) is 0 Å². The average molecular weight is 342 g/mol. The van der Waals surface area contributed by atoms with E-state index in [0.717, 1.165) is 10.8 Å². The SMILES string of the molecule is O=C(O)c1ccc2c(OCCO)c3ccccc3c(OCCO)c2c1. The van der Waals surface area contributed by atoms with Crippen molar-refractivity contribution in [2.45, 2.75) is 0 Å². The highest BCUT2D eigenvalue weighted by molar-refractivity contribution is 6.12. The molecule has 0 spiro atoms. The quantitative estimate of drug-likeness (QED) is 0.571. The van der Waals surface area contributed by atoms with E-state index in [2.05, 4.69) is 0 Å². The van der Waals surface area contributed by atoms with Crippen LogP contribution in [-0.4, -0.2) is 47.7 Å². The zero-order valence-electron chi connectivity index (χ0n) is 13.4. The van der Waals surface area contributed by atoms with Crippen molar-refractivity contribution >= 4 is 27.5 Å². The van der Waals surface area contributed by atoms with Crippen LogP contribution in [0.15, 0.2) is 42.5 Å².